The Balaban J connectivity index is 1.82. The number of halogens is 1. The van der Waals surface area contributed by atoms with Crippen molar-refractivity contribution in [1.29, 1.82) is 0 Å². The van der Waals surface area contributed by atoms with E-state index in [0.29, 0.717) is 17.3 Å². The second kappa shape index (κ2) is 6.84. The number of carbonyl (C=O) groups is 1. The summed E-state index contributed by atoms with van der Waals surface area (Å²) in [5.41, 5.74) is 0.349. The van der Waals surface area contributed by atoms with Crippen LogP contribution in [-0.4, -0.2) is 54.7 Å². The number of aromatic nitrogens is 1. The van der Waals surface area contributed by atoms with Crippen molar-refractivity contribution in [3.8, 4) is 0 Å². The summed E-state index contributed by atoms with van der Waals surface area (Å²) < 4.78 is 5.30. The molecular formula is C13H18ClN3O2. The molecule has 1 amide bonds. The van der Waals surface area contributed by atoms with Gasteiger partial charge in [-0.3, -0.25) is 14.7 Å². The molecule has 1 saturated heterocycles. The summed E-state index contributed by atoms with van der Waals surface area (Å²) in [5, 5.41) is 3.40. The van der Waals surface area contributed by atoms with E-state index in [1.54, 1.807) is 12.1 Å². The molecule has 5 nitrogen and oxygen atoms in total. The van der Waals surface area contributed by atoms with E-state index in [1.807, 2.05) is 0 Å². The molecule has 0 aliphatic carbocycles. The van der Waals surface area contributed by atoms with Crippen LogP contribution in [0.15, 0.2) is 18.3 Å². The minimum Gasteiger partial charge on any atom is -0.379 e. The van der Waals surface area contributed by atoms with Crippen LogP contribution in [0.1, 0.15) is 17.4 Å². The van der Waals surface area contributed by atoms with Gasteiger partial charge in [0.15, 0.2) is 0 Å². The largest absolute Gasteiger partial charge is 0.379 e. The summed E-state index contributed by atoms with van der Waals surface area (Å²) in [5.74, 6) is -0.192. The van der Waals surface area contributed by atoms with Crippen LogP contribution in [0.25, 0.3) is 0 Å². The van der Waals surface area contributed by atoms with Crippen molar-refractivity contribution in [3.05, 3.63) is 29.0 Å². The molecule has 1 fully saturated rings. The van der Waals surface area contributed by atoms with Gasteiger partial charge in [0.25, 0.3) is 5.91 Å². The van der Waals surface area contributed by atoms with E-state index in [4.69, 9.17) is 16.3 Å². The van der Waals surface area contributed by atoms with Gasteiger partial charge in [0.1, 0.15) is 5.69 Å². The Morgan fingerprint density at radius 1 is 1.58 bits per heavy atom. The fourth-order valence-electron chi connectivity index (χ4n) is 2.01. The molecule has 1 N–H and O–H groups in total. The van der Waals surface area contributed by atoms with E-state index in [2.05, 4.69) is 22.1 Å². The topological polar surface area (TPSA) is 54.5 Å². The highest BCUT2D eigenvalue weighted by Crippen LogP contribution is 2.08. The third-order valence-corrected chi connectivity index (χ3v) is 3.42. The van der Waals surface area contributed by atoms with Crippen molar-refractivity contribution < 1.29 is 9.53 Å². The molecule has 0 unspecified atom stereocenters. The second-order valence-electron chi connectivity index (χ2n) is 4.57. The molecule has 0 saturated carbocycles. The van der Waals surface area contributed by atoms with Gasteiger partial charge in [-0.1, -0.05) is 11.6 Å². The van der Waals surface area contributed by atoms with E-state index in [9.17, 15) is 4.79 Å². The Labute approximate surface area is 117 Å². The first-order chi connectivity index (χ1) is 9.16. The Morgan fingerprint density at radius 2 is 2.32 bits per heavy atom. The monoisotopic (exact) mass is 283 g/mol. The molecule has 1 aromatic rings. The Kier molecular flexibility index (Phi) is 5.13. The van der Waals surface area contributed by atoms with E-state index in [0.717, 1.165) is 26.3 Å². The summed E-state index contributed by atoms with van der Waals surface area (Å²) in [6.07, 6.45) is 1.53. The van der Waals surface area contributed by atoms with Gasteiger partial charge >= 0.3 is 0 Å². The molecule has 2 heterocycles. The molecule has 2 rings (SSSR count). The molecule has 1 aromatic heterocycles. The zero-order valence-electron chi connectivity index (χ0n) is 10.9. The van der Waals surface area contributed by atoms with Gasteiger partial charge in [0.05, 0.1) is 13.2 Å². The molecule has 1 aliphatic rings. The molecule has 0 aromatic carbocycles. The predicted octanol–water partition coefficient (Wildman–Crippen LogP) is 1.19. The third-order valence-electron chi connectivity index (χ3n) is 3.18. The molecule has 0 bridgehead atoms. The Hall–Kier alpha value is -1.17. The fraction of sp³-hybridized carbons (Fsp3) is 0.538. The maximum atomic E-state index is 11.9. The smallest absolute Gasteiger partial charge is 0.269 e. The van der Waals surface area contributed by atoms with Crippen LogP contribution in [0.4, 0.5) is 0 Å². The Morgan fingerprint density at radius 3 is 3.00 bits per heavy atom. The quantitative estimate of drug-likeness (QED) is 0.902. The first-order valence-electron chi connectivity index (χ1n) is 6.38. The minimum atomic E-state index is -0.192. The minimum absolute atomic E-state index is 0.192. The van der Waals surface area contributed by atoms with E-state index < -0.39 is 0 Å². The average Bonchev–Trinajstić information content (AvgIpc) is 2.45. The van der Waals surface area contributed by atoms with Gasteiger partial charge in [-0.15, -0.1) is 0 Å². The summed E-state index contributed by atoms with van der Waals surface area (Å²) in [6.45, 7) is 6.02. The summed E-state index contributed by atoms with van der Waals surface area (Å²) in [4.78, 5) is 18.2. The van der Waals surface area contributed by atoms with Crippen molar-refractivity contribution in [1.82, 2.24) is 15.2 Å². The van der Waals surface area contributed by atoms with Crippen molar-refractivity contribution in [2.75, 3.05) is 32.8 Å². The zero-order valence-corrected chi connectivity index (χ0v) is 11.7. The molecule has 0 spiro atoms. The van der Waals surface area contributed by atoms with Crippen LogP contribution < -0.4 is 5.32 Å². The number of morpholine rings is 1. The lowest BCUT2D eigenvalue weighted by Crippen LogP contribution is -2.47. The molecular weight excluding hydrogens is 266 g/mol. The molecule has 19 heavy (non-hydrogen) atoms. The highest BCUT2D eigenvalue weighted by Gasteiger charge is 2.18. The predicted molar refractivity (Wildman–Crippen MR) is 73.4 cm³/mol. The van der Waals surface area contributed by atoms with Crippen LogP contribution in [0.3, 0.4) is 0 Å². The number of hydrogen-bond donors (Lipinski definition) is 1. The number of pyridine rings is 1. The molecule has 1 atom stereocenters. The van der Waals surface area contributed by atoms with E-state index in [-0.39, 0.29) is 11.9 Å². The van der Waals surface area contributed by atoms with Crippen molar-refractivity contribution in [3.63, 3.8) is 0 Å². The second-order valence-corrected chi connectivity index (χ2v) is 5.00. The van der Waals surface area contributed by atoms with Crippen LogP contribution in [-0.2, 0) is 4.74 Å². The molecule has 6 heteroatoms. The van der Waals surface area contributed by atoms with Crippen LogP contribution in [0.5, 0.6) is 0 Å². The first-order valence-corrected chi connectivity index (χ1v) is 6.76. The van der Waals surface area contributed by atoms with Crippen LogP contribution in [0.2, 0.25) is 5.02 Å². The maximum absolute atomic E-state index is 11.9. The third kappa shape index (κ3) is 4.16. The van der Waals surface area contributed by atoms with Gasteiger partial charge in [0.2, 0.25) is 0 Å². The number of hydrogen-bond acceptors (Lipinski definition) is 4. The van der Waals surface area contributed by atoms with Gasteiger partial charge in [-0.2, -0.15) is 0 Å². The number of nitrogens with one attached hydrogen (secondary N) is 1. The van der Waals surface area contributed by atoms with Crippen molar-refractivity contribution >= 4 is 17.5 Å². The molecule has 104 valence electrons. The van der Waals surface area contributed by atoms with Gasteiger partial charge < -0.3 is 10.1 Å². The summed E-state index contributed by atoms with van der Waals surface area (Å²) in [6, 6.07) is 3.50. The average molecular weight is 284 g/mol. The summed E-state index contributed by atoms with van der Waals surface area (Å²) >= 11 is 5.83. The van der Waals surface area contributed by atoms with Gasteiger partial charge in [0, 0.05) is 36.9 Å². The molecule has 0 radical (unpaired) electrons. The number of nitrogens with zero attached hydrogens (tertiary/aromatic N) is 2. The van der Waals surface area contributed by atoms with Gasteiger partial charge in [-0.05, 0) is 19.1 Å². The molecule has 1 aliphatic heterocycles. The summed E-state index contributed by atoms with van der Waals surface area (Å²) in [7, 11) is 0. The highest BCUT2D eigenvalue weighted by molar-refractivity contribution is 6.30. The number of carbonyl (C=O) groups excluding carboxylic acids is 1. The normalized spacial score (nSPS) is 18.0. The van der Waals surface area contributed by atoms with Crippen LogP contribution in [0, 0.1) is 0 Å². The van der Waals surface area contributed by atoms with E-state index >= 15 is 0 Å². The highest BCUT2D eigenvalue weighted by atomic mass is 35.5. The fourth-order valence-corrected chi connectivity index (χ4v) is 2.17. The SMILES string of the molecule is C[C@@H](CNC(=O)c1cc(Cl)ccn1)N1CCOCC1. The number of rotatable bonds is 4. The van der Waals surface area contributed by atoms with Crippen molar-refractivity contribution in [2.45, 2.75) is 13.0 Å². The van der Waals surface area contributed by atoms with Gasteiger partial charge in [-0.25, -0.2) is 0 Å². The zero-order chi connectivity index (χ0) is 13.7. The lowest BCUT2D eigenvalue weighted by molar-refractivity contribution is 0.0204. The standard InChI is InChI=1S/C13H18ClN3O2/c1-10(17-4-6-19-7-5-17)9-16-13(18)12-8-11(14)2-3-15-12/h2-3,8,10H,4-7,9H2,1H3,(H,16,18)/t10-/m0/s1. The first kappa shape index (κ1) is 14.2. The maximum Gasteiger partial charge on any atom is 0.269 e. The van der Waals surface area contributed by atoms with Crippen molar-refractivity contribution in [2.24, 2.45) is 0 Å². The Bertz CT molecular complexity index is 436. The lowest BCUT2D eigenvalue weighted by Gasteiger charge is -2.32. The lowest BCUT2D eigenvalue weighted by atomic mass is 10.2. The number of amides is 1. The van der Waals surface area contributed by atoms with E-state index in [1.165, 1.54) is 6.20 Å². The number of ether oxygens (including phenoxy) is 1. The van der Waals surface area contributed by atoms with Crippen LogP contribution >= 0.6 is 11.6 Å².